The first-order valence-electron chi connectivity index (χ1n) is 6.85. The summed E-state index contributed by atoms with van der Waals surface area (Å²) in [5.74, 6) is 0.462. The van der Waals surface area contributed by atoms with Gasteiger partial charge < -0.3 is 0 Å². The Bertz CT molecular complexity index is 857. The molecule has 0 unspecified atom stereocenters. The van der Waals surface area contributed by atoms with E-state index in [2.05, 4.69) is 15.5 Å². The quantitative estimate of drug-likeness (QED) is 0.562. The number of nitrogens with zero attached hydrogens (tertiary/aromatic N) is 2. The Morgan fingerprint density at radius 2 is 1.65 bits per heavy atom. The topological polar surface area (TPSA) is 37.3 Å². The summed E-state index contributed by atoms with van der Waals surface area (Å²) in [6.07, 6.45) is -3.27. The number of benzene rings is 2. The van der Waals surface area contributed by atoms with Crippen LogP contribution < -0.4 is 5.43 Å². The fraction of sp³-hybridized carbons (Fsp3) is 0.0588. The van der Waals surface area contributed by atoms with Gasteiger partial charge in [0.2, 0.25) is 0 Å². The van der Waals surface area contributed by atoms with E-state index in [1.807, 2.05) is 30.3 Å². The number of pyridine rings is 1. The van der Waals surface area contributed by atoms with Crippen LogP contribution in [0.15, 0.2) is 65.8 Å². The Morgan fingerprint density at radius 3 is 2.48 bits per heavy atom. The second-order valence-corrected chi connectivity index (χ2v) is 4.84. The number of fused-ring (bicyclic) bond motifs is 1. The van der Waals surface area contributed by atoms with Crippen LogP contribution in [-0.2, 0) is 6.18 Å². The normalized spacial score (nSPS) is 12.0. The van der Waals surface area contributed by atoms with Gasteiger partial charge in [-0.15, -0.1) is 0 Å². The molecule has 0 saturated carbocycles. The number of halogens is 3. The molecule has 6 heteroatoms. The maximum absolute atomic E-state index is 12.9. The highest BCUT2D eigenvalue weighted by atomic mass is 19.4. The number of para-hydroxylation sites is 1. The van der Waals surface area contributed by atoms with Gasteiger partial charge >= 0.3 is 6.18 Å². The minimum atomic E-state index is -4.41. The van der Waals surface area contributed by atoms with Crippen LogP contribution >= 0.6 is 0 Å². The lowest BCUT2D eigenvalue weighted by molar-refractivity contribution is -0.137. The number of hydrazone groups is 1. The molecule has 0 saturated heterocycles. The molecule has 1 heterocycles. The number of alkyl halides is 3. The Hall–Kier alpha value is -2.89. The molecule has 0 bridgehead atoms. The predicted octanol–water partition coefficient (Wildman–Crippen LogP) is 4.70. The summed E-state index contributed by atoms with van der Waals surface area (Å²) in [5, 5.41) is 4.83. The summed E-state index contributed by atoms with van der Waals surface area (Å²) in [6, 6.07) is 16.4. The molecule has 0 amide bonds. The van der Waals surface area contributed by atoms with Gasteiger partial charge in [0.25, 0.3) is 0 Å². The molecule has 0 aliphatic rings. The van der Waals surface area contributed by atoms with E-state index >= 15 is 0 Å². The SMILES string of the molecule is FC(F)(F)c1ccccc1/C=N/Nc1ccc2ccccc2n1. The van der Waals surface area contributed by atoms with E-state index in [1.54, 1.807) is 6.07 Å². The molecule has 23 heavy (non-hydrogen) atoms. The number of hydrogen-bond donors (Lipinski definition) is 1. The van der Waals surface area contributed by atoms with Crippen LogP contribution in [0.1, 0.15) is 11.1 Å². The van der Waals surface area contributed by atoms with Crippen molar-refractivity contribution in [2.24, 2.45) is 5.10 Å². The van der Waals surface area contributed by atoms with Gasteiger partial charge in [0, 0.05) is 10.9 Å². The lowest BCUT2D eigenvalue weighted by atomic mass is 10.1. The minimum Gasteiger partial charge on any atom is -0.261 e. The van der Waals surface area contributed by atoms with Gasteiger partial charge in [0.05, 0.1) is 17.3 Å². The Labute approximate surface area is 130 Å². The van der Waals surface area contributed by atoms with Crippen LogP contribution in [0.5, 0.6) is 0 Å². The summed E-state index contributed by atoms with van der Waals surface area (Å²) < 4.78 is 38.6. The monoisotopic (exact) mass is 315 g/mol. The van der Waals surface area contributed by atoms with Crippen molar-refractivity contribution in [1.82, 2.24) is 4.98 Å². The molecule has 1 aromatic heterocycles. The van der Waals surface area contributed by atoms with E-state index in [9.17, 15) is 13.2 Å². The zero-order chi connectivity index (χ0) is 16.3. The fourth-order valence-corrected chi connectivity index (χ4v) is 2.16. The van der Waals surface area contributed by atoms with Crippen molar-refractivity contribution in [3.8, 4) is 0 Å². The molecule has 3 nitrogen and oxygen atoms in total. The van der Waals surface area contributed by atoms with E-state index in [4.69, 9.17) is 0 Å². The molecule has 0 aliphatic carbocycles. The Morgan fingerprint density at radius 1 is 0.913 bits per heavy atom. The van der Waals surface area contributed by atoms with Crippen molar-refractivity contribution >= 4 is 22.9 Å². The second-order valence-electron chi connectivity index (χ2n) is 4.84. The molecule has 116 valence electrons. The molecule has 3 rings (SSSR count). The molecular weight excluding hydrogens is 303 g/mol. The van der Waals surface area contributed by atoms with Crippen LogP contribution in [0.25, 0.3) is 10.9 Å². The largest absolute Gasteiger partial charge is 0.417 e. The third kappa shape index (κ3) is 3.48. The molecule has 1 N–H and O–H groups in total. The average Bonchev–Trinajstić information content (AvgIpc) is 2.54. The van der Waals surface area contributed by atoms with Gasteiger partial charge in [-0.05, 0) is 24.3 Å². The van der Waals surface area contributed by atoms with Crippen LogP contribution in [-0.4, -0.2) is 11.2 Å². The summed E-state index contributed by atoms with van der Waals surface area (Å²) in [7, 11) is 0. The molecule has 0 atom stereocenters. The van der Waals surface area contributed by atoms with E-state index in [0.717, 1.165) is 23.2 Å². The van der Waals surface area contributed by atoms with Gasteiger partial charge in [-0.2, -0.15) is 18.3 Å². The van der Waals surface area contributed by atoms with Gasteiger partial charge in [-0.25, -0.2) is 4.98 Å². The van der Waals surface area contributed by atoms with E-state index in [-0.39, 0.29) is 5.56 Å². The van der Waals surface area contributed by atoms with Crippen molar-refractivity contribution in [3.05, 3.63) is 71.8 Å². The van der Waals surface area contributed by atoms with Gasteiger partial charge in [-0.3, -0.25) is 5.43 Å². The lowest BCUT2D eigenvalue weighted by Gasteiger charge is -2.09. The molecule has 0 fully saturated rings. The van der Waals surface area contributed by atoms with Gasteiger partial charge in [0.1, 0.15) is 5.82 Å². The first-order chi connectivity index (χ1) is 11.0. The maximum atomic E-state index is 12.9. The lowest BCUT2D eigenvalue weighted by Crippen LogP contribution is -2.08. The highest BCUT2D eigenvalue weighted by Gasteiger charge is 2.32. The van der Waals surface area contributed by atoms with Crippen molar-refractivity contribution in [1.29, 1.82) is 0 Å². The highest BCUT2D eigenvalue weighted by Crippen LogP contribution is 2.31. The van der Waals surface area contributed by atoms with Crippen LogP contribution in [0.3, 0.4) is 0 Å². The average molecular weight is 315 g/mol. The maximum Gasteiger partial charge on any atom is 0.417 e. The summed E-state index contributed by atoms with van der Waals surface area (Å²) in [5.41, 5.74) is 2.70. The van der Waals surface area contributed by atoms with Crippen molar-refractivity contribution < 1.29 is 13.2 Å². The molecule has 0 spiro atoms. The molecule has 3 aromatic rings. The summed E-state index contributed by atoms with van der Waals surface area (Å²) in [4.78, 5) is 4.33. The number of aromatic nitrogens is 1. The molecular formula is C17H12F3N3. The summed E-state index contributed by atoms with van der Waals surface area (Å²) in [6.45, 7) is 0. The standard InChI is InChI=1S/C17H12F3N3/c18-17(19,20)14-7-3-1-6-13(14)11-21-23-16-10-9-12-5-2-4-8-15(12)22-16/h1-11H,(H,22,23)/b21-11+. The highest BCUT2D eigenvalue weighted by molar-refractivity contribution is 5.83. The molecule has 0 radical (unpaired) electrons. The smallest absolute Gasteiger partial charge is 0.261 e. The molecule has 0 aliphatic heterocycles. The Balaban J connectivity index is 1.81. The molecule has 2 aromatic carbocycles. The zero-order valence-corrected chi connectivity index (χ0v) is 11.9. The van der Waals surface area contributed by atoms with E-state index in [0.29, 0.717) is 5.82 Å². The first kappa shape index (κ1) is 15.0. The number of nitrogens with one attached hydrogen (secondary N) is 1. The van der Waals surface area contributed by atoms with Crippen LogP contribution in [0, 0.1) is 0 Å². The van der Waals surface area contributed by atoms with Crippen LogP contribution in [0.4, 0.5) is 19.0 Å². The third-order valence-corrected chi connectivity index (χ3v) is 3.25. The first-order valence-corrected chi connectivity index (χ1v) is 6.85. The third-order valence-electron chi connectivity index (χ3n) is 3.25. The van der Waals surface area contributed by atoms with E-state index < -0.39 is 11.7 Å². The second kappa shape index (κ2) is 6.08. The Kier molecular flexibility index (Phi) is 3.97. The fourth-order valence-electron chi connectivity index (χ4n) is 2.16. The van der Waals surface area contributed by atoms with Crippen molar-refractivity contribution in [2.75, 3.05) is 5.43 Å². The van der Waals surface area contributed by atoms with Gasteiger partial charge in [0.15, 0.2) is 0 Å². The van der Waals surface area contributed by atoms with Crippen molar-refractivity contribution in [2.45, 2.75) is 6.18 Å². The van der Waals surface area contributed by atoms with Crippen molar-refractivity contribution in [3.63, 3.8) is 0 Å². The van der Waals surface area contributed by atoms with Gasteiger partial charge in [-0.1, -0.05) is 36.4 Å². The number of hydrogen-bond acceptors (Lipinski definition) is 3. The number of rotatable bonds is 3. The summed E-state index contributed by atoms with van der Waals surface area (Å²) >= 11 is 0. The minimum absolute atomic E-state index is 0.00621. The van der Waals surface area contributed by atoms with E-state index in [1.165, 1.54) is 18.2 Å². The predicted molar refractivity (Wildman–Crippen MR) is 84.4 cm³/mol. The van der Waals surface area contributed by atoms with Crippen LogP contribution in [0.2, 0.25) is 0 Å². The zero-order valence-electron chi connectivity index (χ0n) is 11.9. The number of anilines is 1.